The molecule has 2 aromatic rings. The van der Waals surface area contributed by atoms with Crippen molar-refractivity contribution in [3.63, 3.8) is 0 Å². The van der Waals surface area contributed by atoms with Gasteiger partial charge in [-0.1, -0.05) is 13.8 Å². The summed E-state index contributed by atoms with van der Waals surface area (Å²) in [5.41, 5.74) is 3.55. The Balaban J connectivity index is 2.40. The third-order valence-corrected chi connectivity index (χ3v) is 2.97. The van der Waals surface area contributed by atoms with Gasteiger partial charge in [-0.3, -0.25) is 0 Å². The van der Waals surface area contributed by atoms with Crippen molar-refractivity contribution >= 4 is 0 Å². The molecule has 1 N–H and O–H groups in total. The van der Waals surface area contributed by atoms with Crippen LogP contribution in [-0.2, 0) is 19.4 Å². The molecular weight excluding hydrogens is 224 g/mol. The van der Waals surface area contributed by atoms with Gasteiger partial charge in [0.2, 0.25) is 0 Å². The van der Waals surface area contributed by atoms with E-state index in [0.29, 0.717) is 0 Å². The Bertz CT molecular complexity index is 516. The standard InChI is InChI=1S/C14H20N4/c1-4-12-9-13(5-2)18(17-12)14-8-11(10-15-3)6-7-16-14/h6-9,15H,4-5,10H2,1-3H3. The average molecular weight is 244 g/mol. The first kappa shape index (κ1) is 12.8. The summed E-state index contributed by atoms with van der Waals surface area (Å²) in [6.07, 6.45) is 3.76. The molecule has 0 aliphatic rings. The molecule has 0 atom stereocenters. The summed E-state index contributed by atoms with van der Waals surface area (Å²) in [6, 6.07) is 6.27. The molecule has 0 aliphatic heterocycles. The minimum atomic E-state index is 0.846. The van der Waals surface area contributed by atoms with Gasteiger partial charge in [-0.2, -0.15) is 5.10 Å². The molecule has 0 aliphatic carbocycles. The molecule has 4 nitrogen and oxygen atoms in total. The number of aromatic nitrogens is 3. The predicted octanol–water partition coefficient (Wildman–Crippen LogP) is 2.11. The Kier molecular flexibility index (Phi) is 4.10. The topological polar surface area (TPSA) is 42.7 Å². The van der Waals surface area contributed by atoms with Crippen LogP contribution in [0, 0.1) is 0 Å². The van der Waals surface area contributed by atoms with Crippen LogP contribution in [0.1, 0.15) is 30.8 Å². The number of rotatable bonds is 5. The second-order valence-electron chi connectivity index (χ2n) is 4.30. The minimum Gasteiger partial charge on any atom is -0.316 e. The van der Waals surface area contributed by atoms with E-state index in [0.717, 1.165) is 30.9 Å². The van der Waals surface area contributed by atoms with Crippen molar-refractivity contribution in [2.45, 2.75) is 33.2 Å². The molecule has 0 bridgehead atoms. The highest BCUT2D eigenvalue weighted by Crippen LogP contribution is 2.13. The summed E-state index contributed by atoms with van der Waals surface area (Å²) in [6.45, 7) is 5.11. The van der Waals surface area contributed by atoms with Gasteiger partial charge in [-0.15, -0.1) is 0 Å². The van der Waals surface area contributed by atoms with Crippen molar-refractivity contribution in [1.82, 2.24) is 20.1 Å². The maximum Gasteiger partial charge on any atom is 0.153 e. The molecule has 4 heteroatoms. The van der Waals surface area contributed by atoms with Crippen molar-refractivity contribution in [2.75, 3.05) is 7.05 Å². The van der Waals surface area contributed by atoms with E-state index in [2.05, 4.69) is 41.4 Å². The maximum absolute atomic E-state index is 4.60. The van der Waals surface area contributed by atoms with Crippen molar-refractivity contribution in [2.24, 2.45) is 0 Å². The van der Waals surface area contributed by atoms with Crippen LogP contribution in [0.15, 0.2) is 24.4 Å². The van der Waals surface area contributed by atoms with Gasteiger partial charge in [0.1, 0.15) is 0 Å². The lowest BCUT2D eigenvalue weighted by Gasteiger charge is -2.06. The summed E-state index contributed by atoms with van der Waals surface area (Å²) in [4.78, 5) is 4.42. The van der Waals surface area contributed by atoms with E-state index in [9.17, 15) is 0 Å². The highest BCUT2D eigenvalue weighted by molar-refractivity contribution is 5.30. The van der Waals surface area contributed by atoms with Crippen LogP contribution in [0.3, 0.4) is 0 Å². The van der Waals surface area contributed by atoms with E-state index < -0.39 is 0 Å². The number of hydrogen-bond donors (Lipinski definition) is 1. The van der Waals surface area contributed by atoms with E-state index in [4.69, 9.17) is 0 Å². The van der Waals surface area contributed by atoms with Gasteiger partial charge in [0.25, 0.3) is 0 Å². The van der Waals surface area contributed by atoms with E-state index >= 15 is 0 Å². The fourth-order valence-electron chi connectivity index (χ4n) is 1.99. The summed E-state index contributed by atoms with van der Waals surface area (Å²) >= 11 is 0. The van der Waals surface area contributed by atoms with E-state index in [1.807, 2.05) is 24.0 Å². The molecule has 0 aromatic carbocycles. The highest BCUT2D eigenvalue weighted by atomic mass is 15.3. The second-order valence-corrected chi connectivity index (χ2v) is 4.30. The molecule has 0 amide bonds. The molecule has 0 fully saturated rings. The lowest BCUT2D eigenvalue weighted by molar-refractivity contribution is 0.762. The first-order valence-corrected chi connectivity index (χ1v) is 6.46. The monoisotopic (exact) mass is 244 g/mol. The molecule has 96 valence electrons. The molecular formula is C14H20N4. The summed E-state index contributed by atoms with van der Waals surface area (Å²) in [5, 5.41) is 7.75. The number of nitrogens with zero attached hydrogens (tertiary/aromatic N) is 3. The van der Waals surface area contributed by atoms with Crippen LogP contribution in [0.4, 0.5) is 0 Å². The zero-order valence-corrected chi connectivity index (χ0v) is 11.3. The number of aryl methyl sites for hydroxylation is 2. The van der Waals surface area contributed by atoms with Gasteiger partial charge in [0, 0.05) is 18.4 Å². The molecule has 0 saturated heterocycles. The van der Waals surface area contributed by atoms with Crippen LogP contribution in [-0.4, -0.2) is 21.8 Å². The van der Waals surface area contributed by atoms with Crippen molar-refractivity contribution < 1.29 is 0 Å². The Morgan fingerprint density at radius 1 is 1.22 bits per heavy atom. The molecule has 0 spiro atoms. The molecule has 2 heterocycles. The highest BCUT2D eigenvalue weighted by Gasteiger charge is 2.08. The van der Waals surface area contributed by atoms with E-state index in [1.165, 1.54) is 11.3 Å². The molecule has 0 saturated carbocycles. The Hall–Kier alpha value is -1.68. The molecule has 0 radical (unpaired) electrons. The Morgan fingerprint density at radius 2 is 2.06 bits per heavy atom. The smallest absolute Gasteiger partial charge is 0.153 e. The summed E-state index contributed by atoms with van der Waals surface area (Å²) in [5.74, 6) is 0.902. The normalized spacial score (nSPS) is 10.8. The minimum absolute atomic E-state index is 0.846. The third kappa shape index (κ3) is 2.59. The van der Waals surface area contributed by atoms with Gasteiger partial charge < -0.3 is 5.32 Å². The molecule has 18 heavy (non-hydrogen) atoms. The average Bonchev–Trinajstić information content (AvgIpc) is 2.83. The number of hydrogen-bond acceptors (Lipinski definition) is 3. The van der Waals surface area contributed by atoms with Crippen LogP contribution in [0.2, 0.25) is 0 Å². The Morgan fingerprint density at radius 3 is 2.72 bits per heavy atom. The second kappa shape index (κ2) is 5.78. The zero-order chi connectivity index (χ0) is 13.0. The van der Waals surface area contributed by atoms with E-state index in [1.54, 1.807) is 0 Å². The van der Waals surface area contributed by atoms with Gasteiger partial charge in [-0.05, 0) is 43.7 Å². The van der Waals surface area contributed by atoms with Gasteiger partial charge in [0.15, 0.2) is 5.82 Å². The number of nitrogens with one attached hydrogen (secondary N) is 1. The van der Waals surface area contributed by atoms with Crippen LogP contribution < -0.4 is 5.32 Å². The SMILES string of the molecule is CCc1cc(CC)n(-c2cc(CNC)ccn2)n1. The predicted molar refractivity (Wildman–Crippen MR) is 72.9 cm³/mol. The largest absolute Gasteiger partial charge is 0.316 e. The number of pyridine rings is 1. The van der Waals surface area contributed by atoms with Crippen LogP contribution >= 0.6 is 0 Å². The molecule has 0 unspecified atom stereocenters. The quantitative estimate of drug-likeness (QED) is 0.876. The van der Waals surface area contributed by atoms with Crippen LogP contribution in [0.5, 0.6) is 0 Å². The third-order valence-electron chi connectivity index (χ3n) is 2.97. The van der Waals surface area contributed by atoms with Gasteiger partial charge in [0.05, 0.1) is 5.69 Å². The summed E-state index contributed by atoms with van der Waals surface area (Å²) in [7, 11) is 1.95. The Labute approximate surface area is 108 Å². The van der Waals surface area contributed by atoms with Crippen molar-refractivity contribution in [3.05, 3.63) is 41.3 Å². The fraction of sp³-hybridized carbons (Fsp3) is 0.429. The first-order valence-electron chi connectivity index (χ1n) is 6.46. The van der Waals surface area contributed by atoms with Crippen molar-refractivity contribution in [1.29, 1.82) is 0 Å². The molecule has 2 rings (SSSR count). The summed E-state index contributed by atoms with van der Waals surface area (Å²) < 4.78 is 1.96. The fourth-order valence-corrected chi connectivity index (χ4v) is 1.99. The molecule has 2 aromatic heterocycles. The first-order chi connectivity index (χ1) is 8.78. The van der Waals surface area contributed by atoms with Gasteiger partial charge in [-0.25, -0.2) is 9.67 Å². The van der Waals surface area contributed by atoms with Crippen molar-refractivity contribution in [3.8, 4) is 5.82 Å². The zero-order valence-electron chi connectivity index (χ0n) is 11.3. The maximum atomic E-state index is 4.60. The lowest BCUT2D eigenvalue weighted by Crippen LogP contribution is -2.08. The van der Waals surface area contributed by atoms with Crippen LogP contribution in [0.25, 0.3) is 5.82 Å². The lowest BCUT2D eigenvalue weighted by atomic mass is 10.2. The van der Waals surface area contributed by atoms with E-state index in [-0.39, 0.29) is 0 Å². The van der Waals surface area contributed by atoms with Gasteiger partial charge >= 0.3 is 0 Å².